The minimum Gasteiger partial charge on any atom is -0.392 e. The van der Waals surface area contributed by atoms with Crippen LogP contribution in [-0.2, 0) is 0 Å². The van der Waals surface area contributed by atoms with Crippen LogP contribution in [0.3, 0.4) is 0 Å². The van der Waals surface area contributed by atoms with Crippen LogP contribution in [0, 0.1) is 5.92 Å². The Kier molecular flexibility index (Phi) is 26.5. The van der Waals surface area contributed by atoms with Crippen LogP contribution >= 0.6 is 0 Å². The molecule has 3 aliphatic heterocycles. The zero-order valence-corrected chi connectivity index (χ0v) is 27.2. The monoisotopic (exact) mass is 635 g/mol. The van der Waals surface area contributed by atoms with Crippen molar-refractivity contribution in [2.45, 2.75) is 67.8 Å². The van der Waals surface area contributed by atoms with Gasteiger partial charge in [-0.15, -0.1) is 0 Å². The van der Waals surface area contributed by atoms with Gasteiger partial charge in [0.1, 0.15) is 0 Å². The maximum Gasteiger partial charge on any atom is 0.237 e. The van der Waals surface area contributed by atoms with Crippen molar-refractivity contribution in [2.24, 2.45) is 16.8 Å². The Bertz CT molecular complexity index is 704. The Morgan fingerprint density at radius 1 is 0.705 bits per heavy atom. The summed E-state index contributed by atoms with van der Waals surface area (Å²) in [6.07, 6.45) is 3.38. The summed E-state index contributed by atoms with van der Waals surface area (Å²) in [7, 11) is 0. The van der Waals surface area contributed by atoms with E-state index in [1.165, 1.54) is 6.54 Å². The number of aliphatic imine (C=N–C) groups is 1. The fourth-order valence-corrected chi connectivity index (χ4v) is 5.56. The van der Waals surface area contributed by atoms with Crippen molar-refractivity contribution >= 4 is 5.71 Å². The Hall–Kier alpha value is -1.03. The van der Waals surface area contributed by atoms with Gasteiger partial charge in [0.25, 0.3) is 0 Å². The molecule has 3 rings (SSSR count). The highest BCUT2D eigenvalue weighted by atomic mass is 16.4. The molecule has 0 aromatic carbocycles. The third-order valence-corrected chi connectivity index (χ3v) is 7.43. The number of aliphatic hydroxyl groups excluding tert-OH is 3. The van der Waals surface area contributed by atoms with Crippen LogP contribution in [0.5, 0.6) is 0 Å². The number of hydrogen-bond donors (Lipinski definition) is 6. The highest BCUT2D eigenvalue weighted by Crippen LogP contribution is 2.05. The summed E-state index contributed by atoms with van der Waals surface area (Å²) < 4.78 is 5.49. The molecule has 0 spiro atoms. The molecule has 2 fully saturated rings. The summed E-state index contributed by atoms with van der Waals surface area (Å²) in [5.74, 6) is 4.74. The van der Waals surface area contributed by atoms with E-state index in [0.29, 0.717) is 13.1 Å². The molecule has 0 saturated carbocycles. The van der Waals surface area contributed by atoms with Gasteiger partial charge in [0.05, 0.1) is 24.9 Å². The van der Waals surface area contributed by atoms with Crippen molar-refractivity contribution in [2.75, 3.05) is 118 Å². The van der Waals surface area contributed by atoms with Crippen LogP contribution in [-0.4, -0.2) is 187 Å². The molecule has 0 bridgehead atoms. The minimum atomic E-state index is -0.309. The largest absolute Gasteiger partial charge is 0.392 e. The lowest BCUT2D eigenvalue weighted by Crippen LogP contribution is -2.41. The SMILES string of the molecule is C.C.CC(C)CN1CCNCCN(C[C@H](C)O)CC1.C[C@H](O)CN1CCN(CC2=NCC=C2)CCN(C[C@H](C)O)CC1.[3H]ON. The van der Waals surface area contributed by atoms with Crippen LogP contribution in [0.4, 0.5) is 0 Å². The molecule has 3 aliphatic rings. The van der Waals surface area contributed by atoms with E-state index in [2.05, 4.69) is 71.9 Å². The average molecular weight is 635 g/mol. The lowest BCUT2D eigenvalue weighted by atomic mass is 10.2. The van der Waals surface area contributed by atoms with Gasteiger partial charge in [-0.1, -0.05) is 34.8 Å². The zero-order valence-electron chi connectivity index (χ0n) is 28.2. The summed E-state index contributed by atoms with van der Waals surface area (Å²) >= 11 is 0. The second kappa shape index (κ2) is 27.1. The summed E-state index contributed by atoms with van der Waals surface area (Å²) in [6, 6.07) is 0. The maximum atomic E-state index is 9.71. The van der Waals surface area contributed by atoms with Crippen molar-refractivity contribution in [3.8, 4) is 0 Å². The van der Waals surface area contributed by atoms with Crippen molar-refractivity contribution in [3.63, 3.8) is 0 Å². The number of rotatable bonds is 10. The quantitative estimate of drug-likeness (QED) is 0.187. The molecule has 0 aliphatic carbocycles. The second-order valence-electron chi connectivity index (χ2n) is 12.4. The van der Waals surface area contributed by atoms with E-state index in [-0.39, 0.29) is 33.2 Å². The predicted molar refractivity (Wildman–Crippen MR) is 186 cm³/mol. The van der Waals surface area contributed by atoms with Crippen LogP contribution < -0.4 is 11.2 Å². The molecular formula is C32H72N8O4. The molecule has 7 N–H and O–H groups in total. The van der Waals surface area contributed by atoms with Crippen LogP contribution in [0.15, 0.2) is 17.1 Å². The smallest absolute Gasteiger partial charge is 0.237 e. The average Bonchev–Trinajstić information content (AvgIpc) is 3.47. The topological polar surface area (TPSA) is 148 Å². The Morgan fingerprint density at radius 2 is 1.07 bits per heavy atom. The maximum absolute atomic E-state index is 9.71. The second-order valence-corrected chi connectivity index (χ2v) is 12.4. The molecule has 0 amide bonds. The summed E-state index contributed by atoms with van der Waals surface area (Å²) in [5.41, 5.74) is 1.16. The number of nitrogens with one attached hydrogen (secondary N) is 1. The molecule has 0 radical (unpaired) electrons. The Morgan fingerprint density at radius 3 is 1.41 bits per heavy atom. The molecule has 0 aromatic heterocycles. The molecule has 0 aromatic rings. The van der Waals surface area contributed by atoms with Gasteiger partial charge in [-0.05, 0) is 32.8 Å². The van der Waals surface area contributed by atoms with E-state index in [1.54, 1.807) is 0 Å². The number of aliphatic hydroxyl groups is 3. The van der Waals surface area contributed by atoms with Crippen molar-refractivity contribution < 1.29 is 22.0 Å². The molecule has 12 nitrogen and oxygen atoms in total. The first-order chi connectivity index (χ1) is 20.5. The van der Waals surface area contributed by atoms with Gasteiger partial charge in [0.2, 0.25) is 1.43 Å². The van der Waals surface area contributed by atoms with Gasteiger partial charge in [-0.25, -0.2) is 5.90 Å². The van der Waals surface area contributed by atoms with Crippen molar-refractivity contribution in [3.05, 3.63) is 12.2 Å². The molecule has 2 saturated heterocycles. The molecule has 12 heteroatoms. The molecule has 3 atom stereocenters. The molecular weight excluding hydrogens is 560 g/mol. The standard InChI is InChI=1S/C17H32N4O2.C13H29N3O.2CH4.H3NO/c1-15(22)12-19-6-7-20(13-16(2)23)9-11-21(10-8-19)14-17-4-3-5-18-17;1-12(2)10-15-6-4-14-5-7-16(9-8-15)11-13(3)17;;;1-2/h3-4,15-16,22-23H,5-14H2,1-2H3;12-14,17H,4-11H2,1-3H3;2*1H4;2H,1H2/t15-,16-;13-;;;/m00.../s1/i;;;;2T. The normalized spacial score (nSPS) is 22.3. The fraction of sp³-hybridized carbons (Fsp3) is 0.906. The van der Waals surface area contributed by atoms with Gasteiger partial charge < -0.3 is 30.7 Å². The Labute approximate surface area is 272 Å². The summed E-state index contributed by atoms with van der Waals surface area (Å²) in [6.45, 7) is 27.4. The third kappa shape index (κ3) is 22.5. The molecule has 0 unspecified atom stereocenters. The summed E-state index contributed by atoms with van der Waals surface area (Å²) in [4.78, 5) is 16.5. The molecule has 264 valence electrons. The predicted octanol–water partition coefficient (Wildman–Crippen LogP) is 0.515. The van der Waals surface area contributed by atoms with E-state index in [9.17, 15) is 15.3 Å². The van der Waals surface area contributed by atoms with Gasteiger partial charge in [0.15, 0.2) is 0 Å². The number of nitrogens with two attached hydrogens (primary N) is 1. The lowest BCUT2D eigenvalue weighted by molar-refractivity contribution is 0.102. The van der Waals surface area contributed by atoms with E-state index in [0.717, 1.165) is 110 Å². The van der Waals surface area contributed by atoms with Crippen molar-refractivity contribution in [1.29, 1.82) is 0 Å². The van der Waals surface area contributed by atoms with E-state index < -0.39 is 0 Å². The van der Waals surface area contributed by atoms with Crippen LogP contribution in [0.1, 0.15) is 49.5 Å². The minimum absolute atomic E-state index is 0. The first-order valence-corrected chi connectivity index (χ1v) is 15.9. The number of nitrogens with zero attached hydrogens (tertiary/aromatic N) is 6. The van der Waals surface area contributed by atoms with Crippen LogP contribution in [0.2, 0.25) is 1.43 Å². The van der Waals surface area contributed by atoms with Gasteiger partial charge in [-0.2, -0.15) is 0 Å². The highest BCUT2D eigenvalue weighted by molar-refractivity contribution is 5.98. The van der Waals surface area contributed by atoms with Crippen LogP contribution in [0.25, 0.3) is 0 Å². The third-order valence-electron chi connectivity index (χ3n) is 7.43. The summed E-state index contributed by atoms with van der Waals surface area (Å²) in [5, 5.41) is 35.4. The Balaban J connectivity index is 0. The highest BCUT2D eigenvalue weighted by Gasteiger charge is 2.19. The van der Waals surface area contributed by atoms with Gasteiger partial charge in [0, 0.05) is 117 Å². The molecule has 44 heavy (non-hydrogen) atoms. The van der Waals surface area contributed by atoms with Crippen molar-refractivity contribution in [1.82, 2.24) is 29.8 Å². The van der Waals surface area contributed by atoms with E-state index in [4.69, 9.17) is 1.43 Å². The number of β-amino-alcohol motifs (C(OH)–C–C–N with tert-alkyl or cyclic N) is 3. The molecule has 3 heterocycles. The first-order valence-electron chi connectivity index (χ1n) is 16.3. The van der Waals surface area contributed by atoms with Gasteiger partial charge >= 0.3 is 0 Å². The number of hydrogen-bond acceptors (Lipinski definition) is 12. The van der Waals surface area contributed by atoms with E-state index in [1.807, 2.05) is 20.8 Å². The first kappa shape index (κ1) is 43.0. The zero-order chi connectivity index (χ0) is 32.0. The van der Waals surface area contributed by atoms with E-state index >= 15 is 0 Å². The fourth-order valence-electron chi connectivity index (χ4n) is 5.56. The van der Waals surface area contributed by atoms with Gasteiger partial charge in [-0.3, -0.25) is 24.6 Å². The lowest BCUT2D eigenvalue weighted by Gasteiger charge is -2.27.